The molecule has 24 nitrogen and oxygen atoms in total. The fourth-order valence-electron chi connectivity index (χ4n) is 10.4. The number of ether oxygens (including phenoxy) is 12. The average Bonchev–Trinajstić information content (AvgIpc) is 2.93. The maximum absolute atomic E-state index is 13.5. The number of carboxylic acid groups (broad SMARTS) is 1. The van der Waals surface area contributed by atoms with Crippen molar-refractivity contribution in [2.24, 2.45) is 53.3 Å². The average molecular weight is 1220 g/mol. The molecule has 3 heterocycles. The zero-order valence-electron chi connectivity index (χ0n) is 53.0. The fourth-order valence-corrected chi connectivity index (χ4v) is 10.4. The molecule has 3 aliphatic heterocycles. The highest BCUT2D eigenvalue weighted by molar-refractivity contribution is 5.79. The van der Waals surface area contributed by atoms with E-state index in [9.17, 15) is 43.5 Å². The number of carboxylic acids is 1. The number of carbonyl (C=O) groups excluding carboxylic acids is 7. The van der Waals surface area contributed by atoms with Crippen molar-refractivity contribution in [3.8, 4) is 0 Å². The fraction of sp³-hybridized carbons (Fsp3) is 0.869. The number of amides is 3. The number of carbonyl (C=O) groups is 8. The van der Waals surface area contributed by atoms with Gasteiger partial charge in [0, 0.05) is 96.7 Å². The highest BCUT2D eigenvalue weighted by Crippen LogP contribution is 2.38. The van der Waals surface area contributed by atoms with Crippen LogP contribution in [0, 0.1) is 53.3 Å². The topological polar surface area (TPSA) is 304 Å². The molecular formula is C61H105N3O21. The molecule has 4 N–H and O–H groups in total. The molecule has 3 fully saturated rings. The largest absolute Gasteiger partial charge is 0.481 e. The Balaban J connectivity index is 1.57. The zero-order valence-corrected chi connectivity index (χ0v) is 53.0. The minimum Gasteiger partial charge on any atom is -0.481 e. The van der Waals surface area contributed by atoms with E-state index in [0.717, 1.165) is 0 Å². The summed E-state index contributed by atoms with van der Waals surface area (Å²) in [6, 6.07) is 0. The summed E-state index contributed by atoms with van der Waals surface area (Å²) in [6.45, 7) is 24.2. The monoisotopic (exact) mass is 1220 g/mol. The molecule has 0 aromatic carbocycles. The van der Waals surface area contributed by atoms with Crippen LogP contribution >= 0.6 is 0 Å². The van der Waals surface area contributed by atoms with Crippen molar-refractivity contribution in [2.75, 3.05) is 92.4 Å². The normalized spacial score (nSPS) is 28.3. The molecule has 0 aromatic rings. The number of Topliss-reactive ketones (excluding diaryl/α,β-unsaturated/α-hetero) is 1. The van der Waals surface area contributed by atoms with Gasteiger partial charge in [-0.05, 0) is 67.6 Å². The van der Waals surface area contributed by atoms with E-state index >= 15 is 0 Å². The van der Waals surface area contributed by atoms with Gasteiger partial charge in [0.15, 0.2) is 18.9 Å². The Morgan fingerprint density at radius 1 is 0.400 bits per heavy atom. The van der Waals surface area contributed by atoms with Crippen LogP contribution in [0.15, 0.2) is 0 Å². The van der Waals surface area contributed by atoms with Gasteiger partial charge in [0.25, 0.3) is 0 Å². The van der Waals surface area contributed by atoms with Gasteiger partial charge in [-0.15, -0.1) is 0 Å². The molecule has 0 saturated carbocycles. The maximum Gasteiger partial charge on any atom is 0.303 e. The molecule has 0 radical (unpaired) electrons. The van der Waals surface area contributed by atoms with E-state index in [-0.39, 0.29) is 211 Å². The van der Waals surface area contributed by atoms with Crippen molar-refractivity contribution in [3.63, 3.8) is 0 Å². The Morgan fingerprint density at radius 2 is 0.765 bits per heavy atom. The van der Waals surface area contributed by atoms with Crippen LogP contribution in [0.3, 0.4) is 0 Å². The number of esters is 3. The molecule has 6 unspecified atom stereocenters. The lowest BCUT2D eigenvalue weighted by molar-refractivity contribution is -0.255. The van der Waals surface area contributed by atoms with Gasteiger partial charge in [0.05, 0.1) is 71.2 Å². The van der Waals surface area contributed by atoms with Crippen molar-refractivity contribution in [2.45, 2.75) is 196 Å². The lowest BCUT2D eigenvalue weighted by atomic mass is 9.79. The molecule has 0 aliphatic carbocycles. The molecule has 3 rings (SSSR count). The van der Waals surface area contributed by atoms with E-state index < -0.39 is 36.3 Å². The van der Waals surface area contributed by atoms with Crippen LogP contribution in [0.4, 0.5) is 0 Å². The van der Waals surface area contributed by atoms with Gasteiger partial charge in [-0.2, -0.15) is 0 Å². The predicted molar refractivity (Wildman–Crippen MR) is 309 cm³/mol. The van der Waals surface area contributed by atoms with Crippen LogP contribution in [0.2, 0.25) is 0 Å². The molecule has 0 aromatic heterocycles. The first-order chi connectivity index (χ1) is 40.3. The molecule has 3 aliphatic rings. The first kappa shape index (κ1) is 74.9. The Morgan fingerprint density at radius 3 is 1.13 bits per heavy atom. The van der Waals surface area contributed by atoms with Crippen LogP contribution in [-0.4, -0.2) is 188 Å². The van der Waals surface area contributed by atoms with Crippen LogP contribution in [0.1, 0.15) is 154 Å². The van der Waals surface area contributed by atoms with Crippen molar-refractivity contribution in [3.05, 3.63) is 0 Å². The van der Waals surface area contributed by atoms with E-state index in [1.54, 1.807) is 0 Å². The molecule has 0 spiro atoms. The second-order valence-electron chi connectivity index (χ2n) is 23.8. The maximum atomic E-state index is 13.5. The summed E-state index contributed by atoms with van der Waals surface area (Å²) in [5, 5.41) is 17.9. The van der Waals surface area contributed by atoms with Gasteiger partial charge in [0.2, 0.25) is 17.7 Å². The summed E-state index contributed by atoms with van der Waals surface area (Å²) in [7, 11) is 0. The van der Waals surface area contributed by atoms with Crippen molar-refractivity contribution in [1.82, 2.24) is 16.0 Å². The second-order valence-corrected chi connectivity index (χ2v) is 23.8. The van der Waals surface area contributed by atoms with Gasteiger partial charge in [0.1, 0.15) is 31.1 Å². The van der Waals surface area contributed by atoms with Crippen molar-refractivity contribution in [1.29, 1.82) is 0 Å². The molecule has 24 heteroatoms. The first-order valence-electron chi connectivity index (χ1n) is 30.9. The number of hydrogen-bond acceptors (Lipinski definition) is 20. The summed E-state index contributed by atoms with van der Waals surface area (Å²) in [6.07, 6.45) is -0.239. The number of nitrogens with one attached hydrogen (secondary N) is 3. The van der Waals surface area contributed by atoms with E-state index in [0.29, 0.717) is 58.6 Å². The number of hydrogen-bond donors (Lipinski definition) is 4. The Hall–Kier alpha value is -4.40. The van der Waals surface area contributed by atoms with Crippen molar-refractivity contribution < 1.29 is 100 Å². The number of aliphatic carboxylic acids is 1. The highest BCUT2D eigenvalue weighted by atomic mass is 16.7. The molecule has 15 atom stereocenters. The van der Waals surface area contributed by atoms with Gasteiger partial charge in [-0.3, -0.25) is 38.4 Å². The SMILES string of the molecule is CC(=O)OCC1O[C@@H](OCCCCC(=O)CCOCC(COCCC(=O)NCCCO[C@@H]2OC(COC(C)=O)[C@H](C)[C@H](C)C2C)(COCCC(=O)NCCCO[C@@H]2OC(COC(C)=O)[C@H](C)[C@H](C)C2C)NC(=O)CCCC(=O)O)C(C)[C@@H](C)[C@H]1C. The number of rotatable bonds is 42. The van der Waals surface area contributed by atoms with Gasteiger partial charge in [-0.25, -0.2) is 0 Å². The summed E-state index contributed by atoms with van der Waals surface area (Å²) in [5.74, 6) is -1.77. The lowest BCUT2D eigenvalue weighted by Gasteiger charge is -2.43. The minimum atomic E-state index is -1.39. The van der Waals surface area contributed by atoms with Crippen LogP contribution < -0.4 is 16.0 Å². The summed E-state index contributed by atoms with van der Waals surface area (Å²) < 4.78 is 70.6. The second kappa shape index (κ2) is 40.2. The third kappa shape index (κ3) is 28.5. The van der Waals surface area contributed by atoms with E-state index in [2.05, 4.69) is 78.3 Å². The van der Waals surface area contributed by atoms with E-state index in [1.165, 1.54) is 20.8 Å². The third-order valence-corrected chi connectivity index (χ3v) is 17.1. The van der Waals surface area contributed by atoms with Crippen LogP contribution in [0.5, 0.6) is 0 Å². The zero-order chi connectivity index (χ0) is 63.1. The summed E-state index contributed by atoms with van der Waals surface area (Å²) in [5.41, 5.74) is -1.39. The van der Waals surface area contributed by atoms with Gasteiger partial charge < -0.3 is 77.9 Å². The van der Waals surface area contributed by atoms with E-state index in [4.69, 9.17) is 56.8 Å². The summed E-state index contributed by atoms with van der Waals surface area (Å²) in [4.78, 5) is 98.2. The molecule has 490 valence electrons. The molecule has 3 saturated heterocycles. The lowest BCUT2D eigenvalue weighted by Crippen LogP contribution is -2.58. The van der Waals surface area contributed by atoms with Gasteiger partial charge in [-0.1, -0.05) is 62.3 Å². The Labute approximate surface area is 504 Å². The number of ketones is 1. The molecule has 3 amide bonds. The highest BCUT2D eigenvalue weighted by Gasteiger charge is 2.43. The molecular weight excluding hydrogens is 1110 g/mol. The standard InChI is InChI=1S/C61H105N3O21/c1-38-41(4)51(32-80-47(10)65)83-58(44(38)7)77-26-14-13-18-50(68)21-29-74-35-61(64-56(71)19-15-20-57(72)73,36-75-30-22-54(69)62-24-16-27-78-59-45(8)39(2)42(5)52(84-59)33-81-48(11)66)37-76-31-23-55(70)63-25-17-28-79-60-46(9)40(3)43(6)53(85-60)34-82-49(12)67/h38-46,51-53,58-60H,13-37H2,1-12H3,(H,62,69)(H,63,70)(H,64,71)(H,72,73)/t38-,39-,40-,41+,42+,43+,44?,45?,46?,51?,52?,53?,58+,59+,60+,61?/m0/s1. The molecule has 85 heavy (non-hydrogen) atoms. The first-order valence-corrected chi connectivity index (χ1v) is 30.9. The minimum absolute atomic E-state index is 0.00494. The van der Waals surface area contributed by atoms with Crippen LogP contribution in [-0.2, 0) is 95.2 Å². The predicted octanol–water partition coefficient (Wildman–Crippen LogP) is 5.71. The molecule has 0 bridgehead atoms. The van der Waals surface area contributed by atoms with Gasteiger partial charge >= 0.3 is 23.9 Å². The van der Waals surface area contributed by atoms with Crippen LogP contribution in [0.25, 0.3) is 0 Å². The smallest absolute Gasteiger partial charge is 0.303 e. The summed E-state index contributed by atoms with van der Waals surface area (Å²) >= 11 is 0. The number of unbranched alkanes of at least 4 members (excludes halogenated alkanes) is 1. The third-order valence-electron chi connectivity index (χ3n) is 17.1. The Bertz CT molecular complexity index is 1840. The Kier molecular flexibility index (Phi) is 35.4. The van der Waals surface area contributed by atoms with E-state index in [1.807, 2.05) is 0 Å². The van der Waals surface area contributed by atoms with Crippen molar-refractivity contribution >= 4 is 47.4 Å². The quantitative estimate of drug-likeness (QED) is 0.0323.